The van der Waals surface area contributed by atoms with Crippen LogP contribution in [0.15, 0.2) is 41.3 Å². The highest BCUT2D eigenvalue weighted by Crippen LogP contribution is 2.38. The molecule has 3 amide bonds. The number of aryl methyl sites for hydroxylation is 1. The first-order valence-corrected chi connectivity index (χ1v) is 10.2. The van der Waals surface area contributed by atoms with Gasteiger partial charge in [-0.05, 0) is 67.1 Å². The van der Waals surface area contributed by atoms with Crippen LogP contribution < -0.4 is 10.1 Å². The molecule has 2 aromatic carbocycles. The molecule has 7 nitrogen and oxygen atoms in total. The van der Waals surface area contributed by atoms with E-state index in [4.69, 9.17) is 16.3 Å². The van der Waals surface area contributed by atoms with E-state index in [1.54, 1.807) is 25.1 Å². The van der Waals surface area contributed by atoms with Crippen molar-refractivity contribution in [1.82, 2.24) is 4.90 Å². The Morgan fingerprint density at radius 1 is 1.30 bits per heavy atom. The van der Waals surface area contributed by atoms with E-state index < -0.39 is 23.6 Å². The number of hydrogen-bond acceptors (Lipinski definition) is 6. The van der Waals surface area contributed by atoms with E-state index >= 15 is 0 Å². The average molecular weight is 447 g/mol. The van der Waals surface area contributed by atoms with Crippen molar-refractivity contribution in [3.05, 3.63) is 57.5 Å². The van der Waals surface area contributed by atoms with E-state index in [1.807, 2.05) is 13.0 Å². The molecular weight excluding hydrogens is 428 g/mol. The number of phenolic OH excluding ortho intramolecular Hbond substituents is 1. The number of nitrogens with zero attached hydrogens (tertiary/aromatic N) is 1. The average Bonchev–Trinajstić information content (AvgIpc) is 2.93. The number of benzene rings is 2. The highest BCUT2D eigenvalue weighted by molar-refractivity contribution is 8.18. The van der Waals surface area contributed by atoms with Crippen molar-refractivity contribution in [2.24, 2.45) is 0 Å². The van der Waals surface area contributed by atoms with Crippen molar-refractivity contribution in [1.29, 1.82) is 0 Å². The molecule has 30 heavy (non-hydrogen) atoms. The van der Waals surface area contributed by atoms with Gasteiger partial charge in [0.25, 0.3) is 11.1 Å². The van der Waals surface area contributed by atoms with Crippen molar-refractivity contribution >= 4 is 52.2 Å². The molecule has 0 aromatic heterocycles. The first-order chi connectivity index (χ1) is 14.3. The fourth-order valence-corrected chi connectivity index (χ4v) is 3.85. The van der Waals surface area contributed by atoms with E-state index in [0.717, 1.165) is 22.2 Å². The highest BCUT2D eigenvalue weighted by atomic mass is 35.5. The van der Waals surface area contributed by atoms with Gasteiger partial charge in [0.05, 0.1) is 16.5 Å². The van der Waals surface area contributed by atoms with Crippen molar-refractivity contribution < 1.29 is 24.2 Å². The third-order valence-electron chi connectivity index (χ3n) is 4.13. The quantitative estimate of drug-likeness (QED) is 0.637. The summed E-state index contributed by atoms with van der Waals surface area (Å²) in [4.78, 5) is 38.2. The Hall–Kier alpha value is -2.97. The zero-order chi connectivity index (χ0) is 21.8. The van der Waals surface area contributed by atoms with Crippen LogP contribution in [0.1, 0.15) is 18.1 Å². The number of amides is 3. The predicted molar refractivity (Wildman–Crippen MR) is 117 cm³/mol. The van der Waals surface area contributed by atoms with E-state index in [-0.39, 0.29) is 21.4 Å². The number of thioether (sulfide) groups is 1. The summed E-state index contributed by atoms with van der Waals surface area (Å²) in [6, 6.07) is 10.2. The molecule has 0 saturated carbocycles. The van der Waals surface area contributed by atoms with Crippen LogP contribution in [0.5, 0.6) is 11.5 Å². The maximum atomic E-state index is 12.6. The van der Waals surface area contributed by atoms with E-state index in [1.165, 1.54) is 18.2 Å². The maximum absolute atomic E-state index is 12.6. The summed E-state index contributed by atoms with van der Waals surface area (Å²) in [5.41, 5.74) is 2.04. The van der Waals surface area contributed by atoms with Gasteiger partial charge in [0.2, 0.25) is 5.91 Å². The Bertz CT molecular complexity index is 1050. The lowest BCUT2D eigenvalue weighted by Crippen LogP contribution is -2.36. The topological polar surface area (TPSA) is 95.9 Å². The molecule has 2 aromatic rings. The van der Waals surface area contributed by atoms with Crippen LogP contribution in [0, 0.1) is 6.92 Å². The fraction of sp³-hybridized carbons (Fsp3) is 0.190. The van der Waals surface area contributed by atoms with Crippen LogP contribution in [0.3, 0.4) is 0 Å². The Morgan fingerprint density at radius 3 is 2.77 bits per heavy atom. The zero-order valence-corrected chi connectivity index (χ0v) is 17.8. The second-order valence-corrected chi connectivity index (χ2v) is 7.87. The second-order valence-electron chi connectivity index (χ2n) is 6.47. The van der Waals surface area contributed by atoms with Gasteiger partial charge in [-0.1, -0.05) is 23.7 Å². The molecule has 0 unspecified atom stereocenters. The molecule has 0 bridgehead atoms. The highest BCUT2D eigenvalue weighted by Gasteiger charge is 2.36. The lowest BCUT2D eigenvalue weighted by Gasteiger charge is -2.12. The molecule has 2 N–H and O–H groups in total. The third-order valence-corrected chi connectivity index (χ3v) is 5.32. The van der Waals surface area contributed by atoms with Crippen LogP contribution in [-0.4, -0.2) is 40.2 Å². The molecule has 3 rings (SSSR count). The van der Waals surface area contributed by atoms with Gasteiger partial charge in [-0.2, -0.15) is 0 Å². The summed E-state index contributed by atoms with van der Waals surface area (Å²) >= 11 is 6.74. The Balaban J connectivity index is 1.75. The first kappa shape index (κ1) is 21.7. The third kappa shape index (κ3) is 4.95. The van der Waals surface area contributed by atoms with Gasteiger partial charge in [0.1, 0.15) is 6.54 Å². The Labute approximate surface area is 182 Å². The lowest BCUT2D eigenvalue weighted by atomic mass is 10.2. The number of aromatic hydroxyl groups is 1. The summed E-state index contributed by atoms with van der Waals surface area (Å²) < 4.78 is 5.32. The van der Waals surface area contributed by atoms with Gasteiger partial charge in [-0.15, -0.1) is 0 Å². The molecule has 1 aliphatic rings. The summed E-state index contributed by atoms with van der Waals surface area (Å²) in [5, 5.41) is 12.1. The molecule has 0 radical (unpaired) electrons. The van der Waals surface area contributed by atoms with Crippen molar-refractivity contribution in [3.63, 3.8) is 0 Å². The van der Waals surface area contributed by atoms with Crippen LogP contribution in [0.4, 0.5) is 10.5 Å². The number of rotatable bonds is 6. The van der Waals surface area contributed by atoms with Gasteiger partial charge in [0, 0.05) is 5.69 Å². The number of carbonyl (C=O) groups is 3. The maximum Gasteiger partial charge on any atom is 0.294 e. The largest absolute Gasteiger partial charge is 0.503 e. The number of anilines is 1. The van der Waals surface area contributed by atoms with Crippen LogP contribution in [0.25, 0.3) is 6.08 Å². The molecule has 0 atom stereocenters. The molecular formula is C21H19ClN2O5S. The molecule has 156 valence electrons. The lowest BCUT2D eigenvalue weighted by molar-refractivity contribution is -0.127. The zero-order valence-electron chi connectivity index (χ0n) is 16.3. The molecule has 1 saturated heterocycles. The molecule has 9 heteroatoms. The molecule has 0 spiro atoms. The monoisotopic (exact) mass is 446 g/mol. The van der Waals surface area contributed by atoms with Crippen LogP contribution in [-0.2, 0) is 9.59 Å². The minimum absolute atomic E-state index is 0.0592. The second kappa shape index (κ2) is 9.23. The summed E-state index contributed by atoms with van der Waals surface area (Å²) in [6.45, 7) is 3.58. The number of halogens is 1. The standard InChI is InChI=1S/C21H19ClN2O5S/c1-3-29-16-9-13(8-15(22)19(16)26)10-17-20(27)24(21(28)30-17)11-18(25)23-14-6-4-5-12(2)7-14/h4-10,26H,3,11H2,1-2H3,(H,23,25)/b17-10-. The summed E-state index contributed by atoms with van der Waals surface area (Å²) in [5.74, 6) is -1.08. The number of ether oxygens (including phenoxy) is 1. The fourth-order valence-electron chi connectivity index (χ4n) is 2.80. The van der Waals surface area contributed by atoms with Crippen LogP contribution >= 0.6 is 23.4 Å². The molecule has 1 fully saturated rings. The van der Waals surface area contributed by atoms with Gasteiger partial charge in [-0.25, -0.2) is 0 Å². The smallest absolute Gasteiger partial charge is 0.294 e. The van der Waals surface area contributed by atoms with E-state index in [9.17, 15) is 19.5 Å². The van der Waals surface area contributed by atoms with Crippen molar-refractivity contribution in [3.8, 4) is 11.5 Å². The number of nitrogens with one attached hydrogen (secondary N) is 1. The summed E-state index contributed by atoms with van der Waals surface area (Å²) in [6.07, 6.45) is 1.47. The van der Waals surface area contributed by atoms with Gasteiger partial charge >= 0.3 is 0 Å². The molecule has 0 aliphatic carbocycles. The molecule has 1 heterocycles. The van der Waals surface area contributed by atoms with Crippen LogP contribution in [0.2, 0.25) is 5.02 Å². The first-order valence-electron chi connectivity index (χ1n) is 9.05. The normalized spacial score (nSPS) is 15.0. The van der Waals surface area contributed by atoms with Gasteiger partial charge in [0.15, 0.2) is 11.5 Å². The number of imide groups is 1. The minimum atomic E-state index is -0.577. The van der Waals surface area contributed by atoms with Crippen molar-refractivity contribution in [2.75, 3.05) is 18.5 Å². The van der Waals surface area contributed by atoms with E-state index in [2.05, 4.69) is 5.32 Å². The predicted octanol–water partition coefficient (Wildman–Crippen LogP) is 4.43. The number of phenols is 1. The number of carbonyl (C=O) groups excluding carboxylic acids is 3. The number of hydrogen-bond donors (Lipinski definition) is 2. The van der Waals surface area contributed by atoms with Gasteiger partial charge < -0.3 is 15.2 Å². The van der Waals surface area contributed by atoms with E-state index in [0.29, 0.717) is 17.9 Å². The Morgan fingerprint density at radius 2 is 2.07 bits per heavy atom. The Kier molecular flexibility index (Phi) is 6.69. The minimum Gasteiger partial charge on any atom is -0.503 e. The SMILES string of the molecule is CCOc1cc(/C=C2\SC(=O)N(CC(=O)Nc3cccc(C)c3)C2=O)cc(Cl)c1O. The molecule has 1 aliphatic heterocycles. The summed E-state index contributed by atoms with van der Waals surface area (Å²) in [7, 11) is 0. The van der Waals surface area contributed by atoms with Gasteiger partial charge in [-0.3, -0.25) is 19.3 Å². The van der Waals surface area contributed by atoms with Crippen molar-refractivity contribution in [2.45, 2.75) is 13.8 Å².